The lowest BCUT2D eigenvalue weighted by Crippen LogP contribution is -2.55. The van der Waals surface area contributed by atoms with E-state index in [4.69, 9.17) is 0 Å². The van der Waals surface area contributed by atoms with Gasteiger partial charge < -0.3 is 0 Å². The number of carbonyl (C=O) groups excluding carboxylic acids is 2. The van der Waals surface area contributed by atoms with Crippen LogP contribution in [0.1, 0.15) is 38.5 Å². The van der Waals surface area contributed by atoms with E-state index < -0.39 is 11.9 Å². The summed E-state index contributed by atoms with van der Waals surface area (Å²) in [6.45, 7) is 3.49. The second-order valence-electron chi connectivity index (χ2n) is 7.60. The molecule has 0 spiro atoms. The minimum absolute atomic E-state index is 0.0749. The van der Waals surface area contributed by atoms with Crippen LogP contribution < -0.4 is 4.90 Å². The van der Waals surface area contributed by atoms with Gasteiger partial charge in [0.2, 0.25) is 5.91 Å². The molecule has 1 atom stereocenters. The molecular formula is C20H26FN3O2. The van der Waals surface area contributed by atoms with Crippen LogP contribution in [-0.4, -0.2) is 59.9 Å². The van der Waals surface area contributed by atoms with Crippen molar-refractivity contribution in [2.75, 3.05) is 31.1 Å². The maximum absolute atomic E-state index is 14.0. The van der Waals surface area contributed by atoms with Gasteiger partial charge in [0.15, 0.2) is 0 Å². The van der Waals surface area contributed by atoms with Crippen molar-refractivity contribution in [3.05, 3.63) is 30.1 Å². The number of benzene rings is 1. The zero-order chi connectivity index (χ0) is 18.1. The molecule has 1 saturated carbocycles. The number of nitrogens with zero attached hydrogens (tertiary/aromatic N) is 3. The van der Waals surface area contributed by atoms with Crippen molar-refractivity contribution in [3.8, 4) is 0 Å². The highest BCUT2D eigenvalue weighted by Gasteiger charge is 2.44. The summed E-state index contributed by atoms with van der Waals surface area (Å²) in [5.74, 6) is -1.12. The third-order valence-corrected chi connectivity index (χ3v) is 6.10. The lowest BCUT2D eigenvalue weighted by atomic mass is 9.93. The SMILES string of the molecule is O=C1C[C@@H](N2CCN(C3CCCCC3)CC2)C(=O)N1c1ccccc1F. The highest BCUT2D eigenvalue weighted by Crippen LogP contribution is 2.29. The first-order valence-corrected chi connectivity index (χ1v) is 9.74. The van der Waals surface area contributed by atoms with E-state index in [9.17, 15) is 14.0 Å². The molecule has 0 unspecified atom stereocenters. The summed E-state index contributed by atoms with van der Waals surface area (Å²) >= 11 is 0. The van der Waals surface area contributed by atoms with E-state index in [0.717, 1.165) is 31.1 Å². The number of anilines is 1. The van der Waals surface area contributed by atoms with Crippen LogP contribution in [0.3, 0.4) is 0 Å². The number of para-hydroxylation sites is 1. The minimum atomic E-state index is -0.531. The Bertz CT molecular complexity index is 681. The van der Waals surface area contributed by atoms with E-state index in [-0.39, 0.29) is 23.9 Å². The predicted octanol–water partition coefficient (Wildman–Crippen LogP) is 2.41. The summed E-state index contributed by atoms with van der Waals surface area (Å²) in [7, 11) is 0. The van der Waals surface area contributed by atoms with Crippen LogP contribution >= 0.6 is 0 Å². The predicted molar refractivity (Wildman–Crippen MR) is 97.3 cm³/mol. The summed E-state index contributed by atoms with van der Waals surface area (Å²) in [6.07, 6.45) is 6.69. The zero-order valence-corrected chi connectivity index (χ0v) is 15.1. The molecule has 26 heavy (non-hydrogen) atoms. The van der Waals surface area contributed by atoms with Crippen molar-refractivity contribution in [1.82, 2.24) is 9.80 Å². The van der Waals surface area contributed by atoms with Gasteiger partial charge in [-0.15, -0.1) is 0 Å². The van der Waals surface area contributed by atoms with Gasteiger partial charge in [0.1, 0.15) is 5.82 Å². The molecule has 3 fully saturated rings. The largest absolute Gasteiger partial charge is 0.298 e. The van der Waals surface area contributed by atoms with Crippen LogP contribution in [-0.2, 0) is 9.59 Å². The Kier molecular flexibility index (Phi) is 5.05. The van der Waals surface area contributed by atoms with E-state index >= 15 is 0 Å². The van der Waals surface area contributed by atoms with Gasteiger partial charge in [-0.2, -0.15) is 0 Å². The number of piperazine rings is 1. The second kappa shape index (κ2) is 7.45. The van der Waals surface area contributed by atoms with Gasteiger partial charge in [-0.25, -0.2) is 9.29 Å². The molecule has 2 aliphatic heterocycles. The number of amides is 2. The Morgan fingerprint density at radius 2 is 1.54 bits per heavy atom. The fourth-order valence-electron chi connectivity index (χ4n) is 4.65. The zero-order valence-electron chi connectivity index (χ0n) is 15.1. The Labute approximate surface area is 153 Å². The van der Waals surface area contributed by atoms with E-state index in [1.54, 1.807) is 12.1 Å². The van der Waals surface area contributed by atoms with E-state index in [0.29, 0.717) is 6.04 Å². The van der Waals surface area contributed by atoms with E-state index in [2.05, 4.69) is 9.80 Å². The average molecular weight is 359 g/mol. The van der Waals surface area contributed by atoms with Gasteiger partial charge >= 0.3 is 0 Å². The van der Waals surface area contributed by atoms with Crippen LogP contribution in [0.25, 0.3) is 0 Å². The number of imide groups is 1. The third kappa shape index (κ3) is 3.28. The van der Waals surface area contributed by atoms with Crippen molar-refractivity contribution in [3.63, 3.8) is 0 Å². The number of hydrogen-bond acceptors (Lipinski definition) is 4. The molecule has 0 radical (unpaired) electrons. The summed E-state index contributed by atoms with van der Waals surface area (Å²) in [5.41, 5.74) is 0.0749. The van der Waals surface area contributed by atoms with Crippen LogP contribution in [0.4, 0.5) is 10.1 Å². The van der Waals surface area contributed by atoms with Gasteiger partial charge in [-0.05, 0) is 25.0 Å². The number of carbonyl (C=O) groups is 2. The number of halogens is 1. The summed E-state index contributed by atoms with van der Waals surface area (Å²) in [6, 6.07) is 6.22. The third-order valence-electron chi connectivity index (χ3n) is 6.10. The first kappa shape index (κ1) is 17.6. The molecule has 1 aliphatic carbocycles. The highest BCUT2D eigenvalue weighted by molar-refractivity contribution is 6.22. The van der Waals surface area contributed by atoms with Gasteiger partial charge in [-0.1, -0.05) is 31.4 Å². The normalized spacial score (nSPS) is 26.7. The van der Waals surface area contributed by atoms with Crippen molar-refractivity contribution in [2.45, 2.75) is 50.6 Å². The molecule has 2 saturated heterocycles. The van der Waals surface area contributed by atoms with Crippen molar-refractivity contribution in [1.29, 1.82) is 0 Å². The Hall–Kier alpha value is -1.79. The molecule has 2 heterocycles. The quantitative estimate of drug-likeness (QED) is 0.778. The van der Waals surface area contributed by atoms with Crippen molar-refractivity contribution in [2.24, 2.45) is 0 Å². The van der Waals surface area contributed by atoms with E-state index in [1.165, 1.54) is 44.2 Å². The average Bonchev–Trinajstić information content (AvgIpc) is 2.97. The molecule has 6 heteroatoms. The fraction of sp³-hybridized carbons (Fsp3) is 0.600. The van der Waals surface area contributed by atoms with Crippen molar-refractivity contribution >= 4 is 17.5 Å². The highest BCUT2D eigenvalue weighted by atomic mass is 19.1. The molecular weight excluding hydrogens is 333 g/mol. The summed E-state index contributed by atoms with van der Waals surface area (Å²) in [4.78, 5) is 30.9. The first-order chi connectivity index (χ1) is 12.6. The Morgan fingerprint density at radius 1 is 0.885 bits per heavy atom. The lowest BCUT2D eigenvalue weighted by molar-refractivity contribution is -0.123. The van der Waals surface area contributed by atoms with Gasteiger partial charge in [0, 0.05) is 32.2 Å². The molecule has 0 aromatic heterocycles. The van der Waals surface area contributed by atoms with Gasteiger partial charge in [0.05, 0.1) is 18.2 Å². The summed E-state index contributed by atoms with van der Waals surface area (Å²) in [5, 5.41) is 0. The van der Waals surface area contributed by atoms with Crippen LogP contribution in [0, 0.1) is 5.82 Å². The van der Waals surface area contributed by atoms with Gasteiger partial charge in [0.25, 0.3) is 5.91 Å². The number of rotatable bonds is 3. The molecule has 5 nitrogen and oxygen atoms in total. The fourth-order valence-corrected chi connectivity index (χ4v) is 4.65. The van der Waals surface area contributed by atoms with Gasteiger partial charge in [-0.3, -0.25) is 19.4 Å². The smallest absolute Gasteiger partial charge is 0.251 e. The Morgan fingerprint density at radius 3 is 2.23 bits per heavy atom. The van der Waals surface area contributed by atoms with E-state index in [1.807, 2.05) is 0 Å². The van der Waals surface area contributed by atoms with Crippen molar-refractivity contribution < 1.29 is 14.0 Å². The summed E-state index contributed by atoms with van der Waals surface area (Å²) < 4.78 is 14.0. The first-order valence-electron chi connectivity index (χ1n) is 9.74. The standard InChI is InChI=1S/C20H26FN3O2/c21-16-8-4-5-9-17(16)24-19(25)14-18(20(24)26)23-12-10-22(11-13-23)15-6-2-1-3-7-15/h4-5,8-9,15,18H,1-3,6-7,10-14H2/t18-/m1/s1. The van der Waals surface area contributed by atoms with Crippen LogP contribution in [0.5, 0.6) is 0 Å². The second-order valence-corrected chi connectivity index (χ2v) is 7.60. The lowest BCUT2D eigenvalue weighted by Gasteiger charge is -2.42. The maximum Gasteiger partial charge on any atom is 0.251 e. The molecule has 1 aromatic rings. The molecule has 2 amide bonds. The molecule has 0 bridgehead atoms. The molecule has 140 valence electrons. The maximum atomic E-state index is 14.0. The van der Waals surface area contributed by atoms with Crippen LogP contribution in [0.15, 0.2) is 24.3 Å². The molecule has 3 aliphatic rings. The number of hydrogen-bond donors (Lipinski definition) is 0. The minimum Gasteiger partial charge on any atom is -0.298 e. The molecule has 4 rings (SSSR count). The topological polar surface area (TPSA) is 43.9 Å². The monoisotopic (exact) mass is 359 g/mol. The molecule has 1 aromatic carbocycles. The Balaban J connectivity index is 1.41. The molecule has 0 N–H and O–H groups in total. The van der Waals surface area contributed by atoms with Crippen LogP contribution in [0.2, 0.25) is 0 Å².